The Morgan fingerprint density at radius 3 is 2.88 bits per heavy atom. The molecule has 2 rings (SSSR count). The van der Waals surface area contributed by atoms with Gasteiger partial charge in [0.05, 0.1) is 6.61 Å². The molecule has 0 spiro atoms. The van der Waals surface area contributed by atoms with Crippen LogP contribution in [-0.2, 0) is 6.61 Å². The van der Waals surface area contributed by atoms with Crippen LogP contribution in [0.3, 0.4) is 0 Å². The van der Waals surface area contributed by atoms with Crippen LogP contribution in [0.15, 0.2) is 0 Å². The van der Waals surface area contributed by atoms with Crippen molar-refractivity contribution in [3.8, 4) is 0 Å². The molecule has 1 unspecified atom stereocenters. The summed E-state index contributed by atoms with van der Waals surface area (Å²) in [5.41, 5.74) is 0. The van der Waals surface area contributed by atoms with E-state index in [-0.39, 0.29) is 6.61 Å². The molecule has 0 amide bonds. The van der Waals surface area contributed by atoms with Crippen molar-refractivity contribution in [2.45, 2.75) is 26.0 Å². The summed E-state index contributed by atoms with van der Waals surface area (Å²) in [6.07, 6.45) is 1.15. The van der Waals surface area contributed by atoms with Gasteiger partial charge in [0, 0.05) is 25.7 Å². The van der Waals surface area contributed by atoms with Crippen molar-refractivity contribution in [1.29, 1.82) is 0 Å². The number of anilines is 1. The number of aliphatic hydroxyl groups excluding tert-OH is 1. The van der Waals surface area contributed by atoms with Gasteiger partial charge in [-0.3, -0.25) is 4.90 Å². The zero-order chi connectivity index (χ0) is 11.5. The maximum atomic E-state index is 8.97. The van der Waals surface area contributed by atoms with Gasteiger partial charge in [0.1, 0.15) is 5.01 Å². The summed E-state index contributed by atoms with van der Waals surface area (Å²) in [7, 11) is 2.17. The third-order valence-corrected chi connectivity index (χ3v) is 4.08. The minimum atomic E-state index is -0.0113. The lowest BCUT2D eigenvalue weighted by Crippen LogP contribution is -2.51. The molecule has 16 heavy (non-hydrogen) atoms. The predicted molar refractivity (Wildman–Crippen MR) is 64.8 cm³/mol. The first kappa shape index (κ1) is 11.8. The van der Waals surface area contributed by atoms with Gasteiger partial charge in [0.15, 0.2) is 0 Å². The van der Waals surface area contributed by atoms with E-state index in [0.717, 1.165) is 31.2 Å². The standard InChI is InChI=1S/C10H18N4OS/c1-3-8-6-14(5-4-13(8)2)10-12-11-9(7-15)16-10/h8,15H,3-7H2,1-2H3. The van der Waals surface area contributed by atoms with E-state index < -0.39 is 0 Å². The molecule has 6 heteroatoms. The lowest BCUT2D eigenvalue weighted by atomic mass is 10.1. The van der Waals surface area contributed by atoms with Crippen molar-refractivity contribution in [3.63, 3.8) is 0 Å². The Hall–Kier alpha value is -0.720. The van der Waals surface area contributed by atoms with Crippen molar-refractivity contribution in [2.24, 2.45) is 0 Å². The van der Waals surface area contributed by atoms with Crippen LogP contribution in [0.2, 0.25) is 0 Å². The minimum Gasteiger partial charge on any atom is -0.389 e. The number of aromatic nitrogens is 2. The summed E-state index contributed by atoms with van der Waals surface area (Å²) in [5.74, 6) is 0. The summed E-state index contributed by atoms with van der Waals surface area (Å²) >= 11 is 1.49. The van der Waals surface area contributed by atoms with Crippen molar-refractivity contribution in [2.75, 3.05) is 31.6 Å². The van der Waals surface area contributed by atoms with Crippen molar-refractivity contribution >= 4 is 16.5 Å². The van der Waals surface area contributed by atoms with E-state index in [4.69, 9.17) is 5.11 Å². The molecule has 0 aromatic carbocycles. The molecule has 0 saturated carbocycles. The Balaban J connectivity index is 2.05. The lowest BCUT2D eigenvalue weighted by molar-refractivity contribution is 0.213. The third-order valence-electron chi connectivity index (χ3n) is 3.11. The molecule has 1 saturated heterocycles. The zero-order valence-electron chi connectivity index (χ0n) is 9.76. The van der Waals surface area contributed by atoms with Crippen LogP contribution < -0.4 is 4.90 Å². The fourth-order valence-electron chi connectivity index (χ4n) is 2.00. The highest BCUT2D eigenvalue weighted by molar-refractivity contribution is 7.15. The summed E-state index contributed by atoms with van der Waals surface area (Å²) in [5, 5.41) is 18.7. The van der Waals surface area contributed by atoms with Crippen molar-refractivity contribution in [3.05, 3.63) is 5.01 Å². The SMILES string of the molecule is CCC1CN(c2nnc(CO)s2)CCN1C. The highest BCUT2D eigenvalue weighted by Gasteiger charge is 2.24. The summed E-state index contributed by atoms with van der Waals surface area (Å²) in [6, 6.07) is 0.593. The van der Waals surface area contributed by atoms with E-state index >= 15 is 0 Å². The first-order valence-electron chi connectivity index (χ1n) is 5.63. The molecule has 1 aliphatic rings. The summed E-state index contributed by atoms with van der Waals surface area (Å²) in [4.78, 5) is 4.66. The van der Waals surface area contributed by atoms with Crippen LogP contribution >= 0.6 is 11.3 Å². The second-order valence-corrected chi connectivity index (χ2v) is 5.17. The van der Waals surface area contributed by atoms with E-state index in [0.29, 0.717) is 11.0 Å². The first-order chi connectivity index (χ1) is 7.74. The van der Waals surface area contributed by atoms with E-state index in [2.05, 4.69) is 34.0 Å². The average Bonchev–Trinajstić information content (AvgIpc) is 2.78. The molecular weight excluding hydrogens is 224 g/mol. The van der Waals surface area contributed by atoms with E-state index in [9.17, 15) is 0 Å². The largest absolute Gasteiger partial charge is 0.389 e. The van der Waals surface area contributed by atoms with E-state index in [1.807, 2.05) is 0 Å². The fraction of sp³-hybridized carbons (Fsp3) is 0.800. The van der Waals surface area contributed by atoms with Crippen LogP contribution in [0.5, 0.6) is 0 Å². The number of aliphatic hydroxyl groups is 1. The van der Waals surface area contributed by atoms with Gasteiger partial charge in [0.2, 0.25) is 5.13 Å². The van der Waals surface area contributed by atoms with Crippen LogP contribution in [0.1, 0.15) is 18.4 Å². The second-order valence-electron chi connectivity index (χ2n) is 4.13. The molecule has 1 aromatic rings. The van der Waals surface area contributed by atoms with Crippen LogP contribution in [-0.4, -0.2) is 52.9 Å². The number of hydrogen-bond donors (Lipinski definition) is 1. The van der Waals surface area contributed by atoms with Crippen molar-refractivity contribution in [1.82, 2.24) is 15.1 Å². The quantitative estimate of drug-likeness (QED) is 0.839. The van der Waals surface area contributed by atoms with Crippen LogP contribution in [0.4, 0.5) is 5.13 Å². The van der Waals surface area contributed by atoms with Gasteiger partial charge in [0.25, 0.3) is 0 Å². The second kappa shape index (κ2) is 5.07. The topological polar surface area (TPSA) is 52.5 Å². The van der Waals surface area contributed by atoms with Crippen LogP contribution in [0.25, 0.3) is 0 Å². The van der Waals surface area contributed by atoms with Gasteiger partial charge in [-0.2, -0.15) is 0 Å². The molecular formula is C10H18N4OS. The molecule has 0 radical (unpaired) electrons. The van der Waals surface area contributed by atoms with Gasteiger partial charge in [-0.25, -0.2) is 0 Å². The van der Waals surface area contributed by atoms with E-state index in [1.165, 1.54) is 11.3 Å². The number of hydrogen-bond acceptors (Lipinski definition) is 6. The number of rotatable bonds is 3. The first-order valence-corrected chi connectivity index (χ1v) is 6.44. The normalized spacial score (nSPS) is 22.7. The average molecular weight is 242 g/mol. The summed E-state index contributed by atoms with van der Waals surface area (Å²) < 4.78 is 0. The molecule has 1 aliphatic heterocycles. The maximum Gasteiger partial charge on any atom is 0.208 e. The Labute approximate surface area is 99.7 Å². The molecule has 1 N–H and O–H groups in total. The Kier molecular flexibility index (Phi) is 3.73. The zero-order valence-corrected chi connectivity index (χ0v) is 10.6. The van der Waals surface area contributed by atoms with Gasteiger partial charge in [-0.1, -0.05) is 18.3 Å². The Bertz CT molecular complexity index is 343. The maximum absolute atomic E-state index is 8.97. The Morgan fingerprint density at radius 2 is 2.25 bits per heavy atom. The highest BCUT2D eigenvalue weighted by atomic mass is 32.1. The van der Waals surface area contributed by atoms with Gasteiger partial charge < -0.3 is 10.0 Å². The smallest absolute Gasteiger partial charge is 0.208 e. The molecule has 1 aromatic heterocycles. The molecule has 90 valence electrons. The number of likely N-dealkylation sites (N-methyl/N-ethyl adjacent to an activating group) is 1. The van der Waals surface area contributed by atoms with E-state index in [1.54, 1.807) is 0 Å². The van der Waals surface area contributed by atoms with Crippen molar-refractivity contribution < 1.29 is 5.11 Å². The monoisotopic (exact) mass is 242 g/mol. The fourth-order valence-corrected chi connectivity index (χ4v) is 2.73. The molecule has 1 atom stereocenters. The molecule has 0 aliphatic carbocycles. The molecule has 0 bridgehead atoms. The lowest BCUT2D eigenvalue weighted by Gasteiger charge is -2.38. The molecule has 2 heterocycles. The van der Waals surface area contributed by atoms with Gasteiger partial charge >= 0.3 is 0 Å². The highest BCUT2D eigenvalue weighted by Crippen LogP contribution is 2.23. The molecule has 5 nitrogen and oxygen atoms in total. The van der Waals surface area contributed by atoms with Crippen LogP contribution in [0, 0.1) is 0 Å². The third kappa shape index (κ3) is 2.34. The van der Waals surface area contributed by atoms with Gasteiger partial charge in [-0.15, -0.1) is 10.2 Å². The summed E-state index contributed by atoms with van der Waals surface area (Å²) in [6.45, 7) is 5.26. The minimum absolute atomic E-state index is 0.0113. The predicted octanol–water partition coefficient (Wildman–Crippen LogP) is 0.561. The van der Waals surface area contributed by atoms with Gasteiger partial charge in [-0.05, 0) is 13.5 Å². The molecule has 1 fully saturated rings. The number of nitrogens with zero attached hydrogens (tertiary/aromatic N) is 4. The number of piperazine rings is 1. The Morgan fingerprint density at radius 1 is 1.44 bits per heavy atom.